The Morgan fingerprint density at radius 2 is 1.69 bits per heavy atom. The van der Waals surface area contributed by atoms with E-state index in [2.05, 4.69) is 51.5 Å². The van der Waals surface area contributed by atoms with E-state index in [1.165, 1.54) is 16.8 Å². The van der Waals surface area contributed by atoms with Crippen LogP contribution in [0, 0.1) is 0 Å². The molecule has 1 atom stereocenters. The number of hydrogen-bond acceptors (Lipinski definition) is 3. The van der Waals surface area contributed by atoms with Gasteiger partial charge in [0.1, 0.15) is 0 Å². The van der Waals surface area contributed by atoms with Crippen molar-refractivity contribution in [2.45, 2.75) is 37.9 Å². The molecule has 0 aliphatic carbocycles. The molecular formula is C22H25N3O. The van der Waals surface area contributed by atoms with Crippen molar-refractivity contribution in [2.24, 2.45) is 0 Å². The number of hydrogen-bond donors (Lipinski definition) is 1. The molecule has 3 aliphatic heterocycles. The van der Waals surface area contributed by atoms with Gasteiger partial charge in [-0.05, 0) is 61.2 Å². The lowest BCUT2D eigenvalue weighted by atomic mass is 9.78. The van der Waals surface area contributed by atoms with Gasteiger partial charge in [0.2, 0.25) is 0 Å². The van der Waals surface area contributed by atoms with Crippen LogP contribution in [0.3, 0.4) is 0 Å². The minimum atomic E-state index is 0.0740. The average molecular weight is 347 g/mol. The monoisotopic (exact) mass is 347 g/mol. The number of fused-ring (bicyclic) bond motifs is 1. The predicted octanol–water partition coefficient (Wildman–Crippen LogP) is 3.17. The molecule has 2 saturated heterocycles. The first-order valence-corrected chi connectivity index (χ1v) is 9.70. The number of nitrogens with zero attached hydrogens (tertiary/aromatic N) is 2. The summed E-state index contributed by atoms with van der Waals surface area (Å²) in [7, 11) is 0. The highest BCUT2D eigenvalue weighted by atomic mass is 16.2. The van der Waals surface area contributed by atoms with Crippen LogP contribution < -0.4 is 10.2 Å². The van der Waals surface area contributed by atoms with Crippen LogP contribution in [0.25, 0.3) is 0 Å². The first kappa shape index (κ1) is 15.9. The van der Waals surface area contributed by atoms with Crippen LogP contribution in [-0.2, 0) is 13.1 Å². The number of likely N-dealkylation sites (tertiary alicyclic amines) is 1. The number of piperidine rings is 1. The molecule has 4 heteroatoms. The number of carbonyl (C=O) groups excluding carboxylic acids is 1. The third kappa shape index (κ3) is 2.52. The molecule has 3 aliphatic rings. The minimum absolute atomic E-state index is 0.0740. The van der Waals surface area contributed by atoms with E-state index in [1.807, 2.05) is 12.1 Å². The number of anilines is 1. The predicted molar refractivity (Wildman–Crippen MR) is 103 cm³/mol. The number of amides is 1. The molecule has 0 bridgehead atoms. The molecule has 2 fully saturated rings. The summed E-state index contributed by atoms with van der Waals surface area (Å²) in [4.78, 5) is 17.5. The molecule has 26 heavy (non-hydrogen) atoms. The number of carbonyl (C=O) groups is 1. The van der Waals surface area contributed by atoms with Crippen LogP contribution in [-0.4, -0.2) is 36.0 Å². The highest BCUT2D eigenvalue weighted by Gasteiger charge is 2.47. The lowest BCUT2D eigenvalue weighted by Gasteiger charge is -2.55. The smallest absolute Gasteiger partial charge is 0.254 e. The molecule has 5 rings (SSSR count). The Hall–Kier alpha value is -2.33. The summed E-state index contributed by atoms with van der Waals surface area (Å²) in [5, 5.41) is 3.47. The van der Waals surface area contributed by atoms with Crippen LogP contribution in [0.1, 0.15) is 40.7 Å². The van der Waals surface area contributed by atoms with Crippen molar-refractivity contribution < 1.29 is 4.79 Å². The third-order valence-electron chi connectivity index (χ3n) is 6.39. The Balaban J connectivity index is 1.31. The third-order valence-corrected chi connectivity index (χ3v) is 6.39. The zero-order valence-corrected chi connectivity index (χ0v) is 15.1. The standard InChI is InChI=1S/C22H25N3O/c26-21(25-13-11-22(25)10-3-12-23-16-22)17-6-8-20(9-7-17)24-14-18-4-1-2-5-19(18)15-24/h1-2,4-9,23H,3,10-16H2. The lowest BCUT2D eigenvalue weighted by molar-refractivity contribution is -0.0155. The van der Waals surface area contributed by atoms with Crippen LogP contribution >= 0.6 is 0 Å². The summed E-state index contributed by atoms with van der Waals surface area (Å²) in [6.45, 7) is 4.82. The Morgan fingerprint density at radius 1 is 0.962 bits per heavy atom. The van der Waals surface area contributed by atoms with Crippen molar-refractivity contribution in [2.75, 3.05) is 24.5 Å². The summed E-state index contributed by atoms with van der Waals surface area (Å²) in [5.41, 5.74) is 4.88. The first-order valence-electron chi connectivity index (χ1n) is 9.70. The van der Waals surface area contributed by atoms with Crippen LogP contribution in [0.2, 0.25) is 0 Å². The topological polar surface area (TPSA) is 35.6 Å². The molecule has 134 valence electrons. The quantitative estimate of drug-likeness (QED) is 0.906. The second-order valence-electron chi connectivity index (χ2n) is 7.88. The van der Waals surface area contributed by atoms with E-state index in [0.29, 0.717) is 0 Å². The maximum absolute atomic E-state index is 13.0. The fourth-order valence-corrected chi connectivity index (χ4v) is 4.74. The van der Waals surface area contributed by atoms with E-state index >= 15 is 0 Å². The lowest BCUT2D eigenvalue weighted by Crippen LogP contribution is -2.67. The number of nitrogens with one attached hydrogen (secondary N) is 1. The molecule has 0 aromatic heterocycles. The van der Waals surface area contributed by atoms with Crippen molar-refractivity contribution >= 4 is 11.6 Å². The maximum atomic E-state index is 13.0. The summed E-state index contributed by atoms with van der Waals surface area (Å²) >= 11 is 0. The molecule has 1 N–H and O–H groups in total. The number of benzene rings is 2. The number of rotatable bonds is 2. The van der Waals surface area contributed by atoms with E-state index in [1.54, 1.807) is 0 Å². The fourth-order valence-electron chi connectivity index (χ4n) is 4.74. The summed E-state index contributed by atoms with van der Waals surface area (Å²) < 4.78 is 0. The second kappa shape index (κ2) is 6.13. The van der Waals surface area contributed by atoms with Gasteiger partial charge in [-0.3, -0.25) is 4.79 Å². The first-order chi connectivity index (χ1) is 12.8. The van der Waals surface area contributed by atoms with E-state index in [-0.39, 0.29) is 11.4 Å². The van der Waals surface area contributed by atoms with E-state index in [9.17, 15) is 4.79 Å². The van der Waals surface area contributed by atoms with Gasteiger partial charge in [0.25, 0.3) is 5.91 Å². The van der Waals surface area contributed by atoms with Gasteiger partial charge in [-0.2, -0.15) is 0 Å². The minimum Gasteiger partial charge on any atom is -0.363 e. The van der Waals surface area contributed by atoms with Crippen molar-refractivity contribution in [1.29, 1.82) is 0 Å². The van der Waals surface area contributed by atoms with Crippen LogP contribution in [0.4, 0.5) is 5.69 Å². The summed E-state index contributed by atoms with van der Waals surface area (Å²) in [6, 6.07) is 16.8. The van der Waals surface area contributed by atoms with Gasteiger partial charge in [0.05, 0.1) is 5.54 Å². The summed E-state index contributed by atoms with van der Waals surface area (Å²) in [6.07, 6.45) is 3.43. The van der Waals surface area contributed by atoms with Crippen molar-refractivity contribution in [3.8, 4) is 0 Å². The van der Waals surface area contributed by atoms with Crippen LogP contribution in [0.15, 0.2) is 48.5 Å². The molecular weight excluding hydrogens is 322 g/mol. The van der Waals surface area contributed by atoms with E-state index in [0.717, 1.165) is 57.5 Å². The molecule has 1 unspecified atom stereocenters. The Kier molecular flexibility index (Phi) is 3.75. The zero-order valence-electron chi connectivity index (χ0n) is 15.1. The Labute approximate surface area is 154 Å². The fraction of sp³-hybridized carbons (Fsp3) is 0.409. The normalized spacial score (nSPS) is 24.5. The van der Waals surface area contributed by atoms with Gasteiger partial charge in [0, 0.05) is 37.4 Å². The second-order valence-corrected chi connectivity index (χ2v) is 7.88. The van der Waals surface area contributed by atoms with Crippen molar-refractivity contribution in [3.63, 3.8) is 0 Å². The Morgan fingerprint density at radius 3 is 2.27 bits per heavy atom. The van der Waals surface area contributed by atoms with Crippen molar-refractivity contribution in [3.05, 3.63) is 65.2 Å². The van der Waals surface area contributed by atoms with Gasteiger partial charge >= 0.3 is 0 Å². The SMILES string of the molecule is O=C(c1ccc(N2Cc3ccccc3C2)cc1)N1CCC12CCCNC2. The van der Waals surface area contributed by atoms with Gasteiger partial charge in [-0.15, -0.1) is 0 Å². The molecule has 0 saturated carbocycles. The van der Waals surface area contributed by atoms with Gasteiger partial charge in [-0.25, -0.2) is 0 Å². The summed E-state index contributed by atoms with van der Waals surface area (Å²) in [5.74, 6) is 0.191. The van der Waals surface area contributed by atoms with Gasteiger partial charge in [0.15, 0.2) is 0 Å². The van der Waals surface area contributed by atoms with Gasteiger partial charge in [-0.1, -0.05) is 24.3 Å². The highest BCUT2D eigenvalue weighted by Crippen LogP contribution is 2.37. The average Bonchev–Trinajstić information content (AvgIpc) is 3.12. The maximum Gasteiger partial charge on any atom is 0.254 e. The van der Waals surface area contributed by atoms with E-state index < -0.39 is 0 Å². The molecule has 0 radical (unpaired) electrons. The Bertz CT molecular complexity index is 799. The molecule has 3 heterocycles. The molecule has 4 nitrogen and oxygen atoms in total. The molecule has 1 amide bonds. The molecule has 2 aromatic rings. The van der Waals surface area contributed by atoms with Gasteiger partial charge < -0.3 is 15.1 Å². The molecule has 2 aromatic carbocycles. The molecule has 1 spiro atoms. The van der Waals surface area contributed by atoms with E-state index in [4.69, 9.17) is 0 Å². The van der Waals surface area contributed by atoms with Crippen LogP contribution in [0.5, 0.6) is 0 Å². The largest absolute Gasteiger partial charge is 0.363 e. The van der Waals surface area contributed by atoms with Crippen molar-refractivity contribution in [1.82, 2.24) is 10.2 Å². The highest BCUT2D eigenvalue weighted by molar-refractivity contribution is 5.95. The zero-order chi connectivity index (χ0) is 17.6.